The number of halogens is 1. The zero-order chi connectivity index (χ0) is 14.7. The Balaban J connectivity index is 2.43. The minimum Gasteiger partial charge on any atom is -0.456 e. The van der Waals surface area contributed by atoms with Crippen LogP contribution in [0.15, 0.2) is 42.5 Å². The summed E-state index contributed by atoms with van der Waals surface area (Å²) in [6, 6.07) is 10.2. The smallest absolute Gasteiger partial charge is 0.252 e. The zero-order valence-electron chi connectivity index (χ0n) is 11.0. The third-order valence-corrected chi connectivity index (χ3v) is 2.83. The summed E-state index contributed by atoms with van der Waals surface area (Å²) in [5, 5.41) is 0. The van der Waals surface area contributed by atoms with E-state index in [0.717, 1.165) is 0 Å². The summed E-state index contributed by atoms with van der Waals surface area (Å²) in [4.78, 5) is 11.3. The standard InChI is InChI=1S/C15H15FN2O2/c1-9(17)12-8-10(16)6-7-14(12)20-13-5-3-2-4-11(13)15(18)19/h2-9H,17H2,1H3,(H2,18,19)/t9-/m1/s1. The largest absolute Gasteiger partial charge is 0.456 e. The van der Waals surface area contributed by atoms with Crippen molar-refractivity contribution in [2.75, 3.05) is 0 Å². The highest BCUT2D eigenvalue weighted by Gasteiger charge is 2.14. The molecule has 1 amide bonds. The van der Waals surface area contributed by atoms with Gasteiger partial charge in [-0.15, -0.1) is 0 Å². The summed E-state index contributed by atoms with van der Waals surface area (Å²) in [5.74, 6) is -0.276. The Kier molecular flexibility index (Phi) is 4.00. The monoisotopic (exact) mass is 274 g/mol. The molecule has 2 aromatic carbocycles. The van der Waals surface area contributed by atoms with E-state index in [1.165, 1.54) is 18.2 Å². The van der Waals surface area contributed by atoms with Crippen LogP contribution in [-0.2, 0) is 0 Å². The normalized spacial score (nSPS) is 11.9. The van der Waals surface area contributed by atoms with Gasteiger partial charge in [0.1, 0.15) is 17.3 Å². The maximum absolute atomic E-state index is 13.3. The molecule has 2 rings (SSSR count). The molecule has 104 valence electrons. The van der Waals surface area contributed by atoms with Gasteiger partial charge in [-0.25, -0.2) is 4.39 Å². The fourth-order valence-electron chi connectivity index (χ4n) is 1.85. The van der Waals surface area contributed by atoms with Gasteiger partial charge >= 0.3 is 0 Å². The number of primary amides is 1. The molecule has 5 heteroatoms. The minimum atomic E-state index is -0.593. The van der Waals surface area contributed by atoms with Gasteiger partial charge in [-0.3, -0.25) is 4.79 Å². The second-order valence-electron chi connectivity index (χ2n) is 4.43. The van der Waals surface area contributed by atoms with E-state index in [-0.39, 0.29) is 5.56 Å². The Bertz CT molecular complexity index is 642. The van der Waals surface area contributed by atoms with Gasteiger partial charge in [0.05, 0.1) is 5.56 Å². The van der Waals surface area contributed by atoms with Crippen molar-refractivity contribution in [3.8, 4) is 11.5 Å². The van der Waals surface area contributed by atoms with E-state index in [0.29, 0.717) is 17.1 Å². The molecule has 0 unspecified atom stereocenters. The summed E-state index contributed by atoms with van der Waals surface area (Å²) in [6.45, 7) is 1.72. The molecule has 4 N–H and O–H groups in total. The highest BCUT2D eigenvalue weighted by molar-refractivity contribution is 5.95. The van der Waals surface area contributed by atoms with E-state index < -0.39 is 17.8 Å². The highest BCUT2D eigenvalue weighted by Crippen LogP contribution is 2.31. The zero-order valence-corrected chi connectivity index (χ0v) is 11.0. The van der Waals surface area contributed by atoms with Gasteiger partial charge in [0, 0.05) is 11.6 Å². The maximum atomic E-state index is 13.3. The molecule has 1 atom stereocenters. The summed E-state index contributed by atoms with van der Waals surface area (Å²) in [6.07, 6.45) is 0. The summed E-state index contributed by atoms with van der Waals surface area (Å²) >= 11 is 0. The summed E-state index contributed by atoms with van der Waals surface area (Å²) < 4.78 is 18.9. The molecule has 2 aromatic rings. The molecule has 0 bridgehead atoms. The number of benzene rings is 2. The molecule has 4 nitrogen and oxygen atoms in total. The quantitative estimate of drug-likeness (QED) is 0.899. The third kappa shape index (κ3) is 2.95. The fourth-order valence-corrected chi connectivity index (χ4v) is 1.85. The van der Waals surface area contributed by atoms with E-state index in [9.17, 15) is 9.18 Å². The molecular weight excluding hydrogens is 259 g/mol. The minimum absolute atomic E-state index is 0.257. The first-order valence-corrected chi connectivity index (χ1v) is 6.10. The van der Waals surface area contributed by atoms with Crippen molar-refractivity contribution in [1.82, 2.24) is 0 Å². The Morgan fingerprint density at radius 3 is 2.55 bits per heavy atom. The number of nitrogens with two attached hydrogens (primary N) is 2. The van der Waals surface area contributed by atoms with E-state index in [2.05, 4.69) is 0 Å². The fraction of sp³-hybridized carbons (Fsp3) is 0.133. The third-order valence-electron chi connectivity index (χ3n) is 2.83. The van der Waals surface area contributed by atoms with Crippen LogP contribution in [0.4, 0.5) is 4.39 Å². The van der Waals surface area contributed by atoms with E-state index in [4.69, 9.17) is 16.2 Å². The molecule has 0 aromatic heterocycles. The number of hydrogen-bond donors (Lipinski definition) is 2. The van der Waals surface area contributed by atoms with E-state index in [1.54, 1.807) is 31.2 Å². The lowest BCUT2D eigenvalue weighted by Crippen LogP contribution is -2.12. The van der Waals surface area contributed by atoms with Crippen LogP contribution in [-0.4, -0.2) is 5.91 Å². The number of carbonyl (C=O) groups excluding carboxylic acids is 1. The average molecular weight is 274 g/mol. The Labute approximate surface area is 116 Å². The molecule has 0 fully saturated rings. The van der Waals surface area contributed by atoms with Gasteiger partial charge in [0.2, 0.25) is 0 Å². The van der Waals surface area contributed by atoms with Crippen molar-refractivity contribution in [3.05, 3.63) is 59.4 Å². The Hall–Kier alpha value is -2.40. The maximum Gasteiger partial charge on any atom is 0.252 e. The van der Waals surface area contributed by atoms with Gasteiger partial charge in [-0.2, -0.15) is 0 Å². The molecule has 0 radical (unpaired) electrons. The van der Waals surface area contributed by atoms with Crippen LogP contribution in [0.2, 0.25) is 0 Å². The first-order chi connectivity index (χ1) is 9.49. The molecule has 0 aliphatic carbocycles. The van der Waals surface area contributed by atoms with Crippen molar-refractivity contribution >= 4 is 5.91 Å². The van der Waals surface area contributed by atoms with Gasteiger partial charge in [0.25, 0.3) is 5.91 Å². The van der Waals surface area contributed by atoms with Crippen LogP contribution in [0.5, 0.6) is 11.5 Å². The van der Waals surface area contributed by atoms with Crippen molar-refractivity contribution in [2.45, 2.75) is 13.0 Å². The summed E-state index contributed by atoms with van der Waals surface area (Å²) in [5.41, 5.74) is 11.9. The Morgan fingerprint density at radius 1 is 1.20 bits per heavy atom. The van der Waals surface area contributed by atoms with Crippen LogP contribution in [0.25, 0.3) is 0 Å². The topological polar surface area (TPSA) is 78.3 Å². The van der Waals surface area contributed by atoms with Crippen LogP contribution < -0.4 is 16.2 Å². The first kappa shape index (κ1) is 14.0. The van der Waals surface area contributed by atoms with Crippen LogP contribution in [0.1, 0.15) is 28.9 Å². The van der Waals surface area contributed by atoms with E-state index in [1.807, 2.05) is 0 Å². The molecule has 0 saturated carbocycles. The van der Waals surface area contributed by atoms with E-state index >= 15 is 0 Å². The van der Waals surface area contributed by atoms with Crippen molar-refractivity contribution < 1.29 is 13.9 Å². The lowest BCUT2D eigenvalue weighted by Gasteiger charge is -2.15. The van der Waals surface area contributed by atoms with Crippen LogP contribution in [0.3, 0.4) is 0 Å². The Morgan fingerprint density at radius 2 is 1.90 bits per heavy atom. The van der Waals surface area contributed by atoms with Gasteiger partial charge in [0.15, 0.2) is 0 Å². The van der Waals surface area contributed by atoms with Gasteiger partial charge in [-0.05, 0) is 37.3 Å². The lowest BCUT2D eigenvalue weighted by atomic mass is 10.1. The number of para-hydroxylation sites is 1. The number of hydrogen-bond acceptors (Lipinski definition) is 3. The second kappa shape index (κ2) is 5.71. The second-order valence-corrected chi connectivity index (χ2v) is 4.43. The SMILES string of the molecule is C[C@@H](N)c1cc(F)ccc1Oc1ccccc1C(N)=O. The molecule has 0 aliphatic rings. The highest BCUT2D eigenvalue weighted by atomic mass is 19.1. The summed E-state index contributed by atoms with van der Waals surface area (Å²) in [7, 11) is 0. The van der Waals surface area contributed by atoms with Crippen molar-refractivity contribution in [1.29, 1.82) is 0 Å². The number of amides is 1. The number of rotatable bonds is 4. The molecule has 0 heterocycles. The number of ether oxygens (including phenoxy) is 1. The molecule has 0 spiro atoms. The lowest BCUT2D eigenvalue weighted by molar-refractivity contribution is 0.0998. The molecule has 0 saturated heterocycles. The molecule has 0 aliphatic heterocycles. The van der Waals surface area contributed by atoms with Crippen LogP contribution >= 0.6 is 0 Å². The van der Waals surface area contributed by atoms with Gasteiger partial charge < -0.3 is 16.2 Å². The predicted molar refractivity (Wildman–Crippen MR) is 74.0 cm³/mol. The van der Waals surface area contributed by atoms with Crippen LogP contribution in [0, 0.1) is 5.82 Å². The average Bonchev–Trinajstić information content (AvgIpc) is 2.41. The molecule has 20 heavy (non-hydrogen) atoms. The van der Waals surface area contributed by atoms with Crippen molar-refractivity contribution in [2.24, 2.45) is 11.5 Å². The molecular formula is C15H15FN2O2. The predicted octanol–water partition coefficient (Wildman–Crippen LogP) is 2.74. The number of carbonyl (C=O) groups is 1. The van der Waals surface area contributed by atoms with Crippen molar-refractivity contribution in [3.63, 3.8) is 0 Å². The van der Waals surface area contributed by atoms with Gasteiger partial charge in [-0.1, -0.05) is 12.1 Å². The first-order valence-electron chi connectivity index (χ1n) is 6.10.